The predicted molar refractivity (Wildman–Crippen MR) is 88.6 cm³/mol. The summed E-state index contributed by atoms with van der Waals surface area (Å²) in [6.07, 6.45) is 9.25. The number of aromatic nitrogens is 1. The molecule has 2 aromatic rings. The van der Waals surface area contributed by atoms with Crippen molar-refractivity contribution >= 4 is 0 Å². The third kappa shape index (κ3) is 4.55. The Hall–Kier alpha value is -1.90. The van der Waals surface area contributed by atoms with Crippen molar-refractivity contribution in [2.75, 3.05) is 7.11 Å². The molecule has 118 valence electrons. The highest BCUT2D eigenvalue weighted by molar-refractivity contribution is 5.61. The van der Waals surface area contributed by atoms with Gasteiger partial charge in [0.25, 0.3) is 0 Å². The molecule has 0 amide bonds. The molecule has 1 aromatic carbocycles. The molecule has 0 aliphatic rings. The first kappa shape index (κ1) is 16.5. The summed E-state index contributed by atoms with van der Waals surface area (Å²) in [5.41, 5.74) is 2.39. The van der Waals surface area contributed by atoms with Gasteiger partial charge in [0.05, 0.1) is 12.8 Å². The number of hydrogen-bond acceptors (Lipinski definition) is 2. The van der Waals surface area contributed by atoms with Crippen LogP contribution in [0.15, 0.2) is 36.5 Å². The summed E-state index contributed by atoms with van der Waals surface area (Å²) in [7, 11) is 1.53. The molecule has 3 heteroatoms. The van der Waals surface area contributed by atoms with Crippen molar-refractivity contribution in [2.45, 2.75) is 45.4 Å². The Balaban J connectivity index is 1.97. The highest BCUT2D eigenvalue weighted by Gasteiger charge is 2.07. The zero-order chi connectivity index (χ0) is 15.8. The lowest BCUT2D eigenvalue weighted by Crippen LogP contribution is -1.92. The summed E-state index contributed by atoms with van der Waals surface area (Å²) in [6, 6.07) is 8.79. The van der Waals surface area contributed by atoms with E-state index in [2.05, 4.69) is 11.9 Å². The van der Waals surface area contributed by atoms with Gasteiger partial charge in [0, 0.05) is 17.8 Å². The fourth-order valence-electron chi connectivity index (χ4n) is 2.49. The van der Waals surface area contributed by atoms with E-state index in [9.17, 15) is 4.39 Å². The monoisotopic (exact) mass is 301 g/mol. The minimum atomic E-state index is -0.306. The van der Waals surface area contributed by atoms with Gasteiger partial charge in [0.15, 0.2) is 0 Å². The molecule has 0 saturated heterocycles. The molecule has 0 fully saturated rings. The average Bonchev–Trinajstić information content (AvgIpc) is 2.55. The fourth-order valence-corrected chi connectivity index (χ4v) is 2.49. The maximum absolute atomic E-state index is 14.0. The van der Waals surface area contributed by atoms with E-state index in [4.69, 9.17) is 4.74 Å². The van der Waals surface area contributed by atoms with E-state index in [0.29, 0.717) is 17.0 Å². The number of hydrogen-bond donors (Lipinski definition) is 0. The Morgan fingerprint density at radius 3 is 2.50 bits per heavy atom. The molecule has 0 bridgehead atoms. The molecule has 0 unspecified atom stereocenters. The van der Waals surface area contributed by atoms with Gasteiger partial charge in [0.1, 0.15) is 11.6 Å². The number of pyridine rings is 1. The first-order valence-electron chi connectivity index (χ1n) is 8.03. The predicted octanol–water partition coefficient (Wildman–Crippen LogP) is 5.41. The number of aryl methyl sites for hydroxylation is 1. The van der Waals surface area contributed by atoms with Crippen LogP contribution in [-0.2, 0) is 6.42 Å². The minimum Gasteiger partial charge on any atom is -0.497 e. The van der Waals surface area contributed by atoms with Crippen LogP contribution in [0.2, 0.25) is 0 Å². The van der Waals surface area contributed by atoms with Crippen molar-refractivity contribution in [1.82, 2.24) is 4.98 Å². The van der Waals surface area contributed by atoms with Crippen molar-refractivity contribution in [3.63, 3.8) is 0 Å². The largest absolute Gasteiger partial charge is 0.497 e. The van der Waals surface area contributed by atoms with Crippen molar-refractivity contribution in [3.05, 3.63) is 47.9 Å². The molecular formula is C19H24FNO. The van der Waals surface area contributed by atoms with Gasteiger partial charge < -0.3 is 4.74 Å². The van der Waals surface area contributed by atoms with Crippen LogP contribution in [0.1, 0.15) is 44.6 Å². The first-order valence-corrected chi connectivity index (χ1v) is 8.03. The summed E-state index contributed by atoms with van der Waals surface area (Å²) in [5, 5.41) is 0. The molecule has 0 N–H and O–H groups in total. The van der Waals surface area contributed by atoms with Gasteiger partial charge in [-0.2, -0.15) is 0 Å². The average molecular weight is 301 g/mol. The van der Waals surface area contributed by atoms with Crippen LogP contribution in [0.5, 0.6) is 5.75 Å². The van der Waals surface area contributed by atoms with E-state index < -0.39 is 0 Å². The van der Waals surface area contributed by atoms with E-state index in [1.54, 1.807) is 12.1 Å². The maximum atomic E-state index is 14.0. The lowest BCUT2D eigenvalue weighted by atomic mass is 10.1. The van der Waals surface area contributed by atoms with Crippen molar-refractivity contribution in [1.29, 1.82) is 0 Å². The van der Waals surface area contributed by atoms with E-state index in [1.807, 2.05) is 18.3 Å². The van der Waals surface area contributed by atoms with Crippen LogP contribution in [-0.4, -0.2) is 12.1 Å². The van der Waals surface area contributed by atoms with Gasteiger partial charge in [-0.15, -0.1) is 0 Å². The second-order valence-electron chi connectivity index (χ2n) is 5.56. The lowest BCUT2D eigenvalue weighted by molar-refractivity contribution is 0.411. The summed E-state index contributed by atoms with van der Waals surface area (Å²) in [5.74, 6) is 0.212. The van der Waals surface area contributed by atoms with Gasteiger partial charge in [-0.05, 0) is 36.6 Å². The number of methoxy groups -OCH3 is 1. The molecule has 0 atom stereocenters. The second-order valence-corrected chi connectivity index (χ2v) is 5.56. The molecule has 0 aliphatic carbocycles. The Kier molecular flexibility index (Phi) is 6.38. The highest BCUT2D eigenvalue weighted by Crippen LogP contribution is 2.25. The summed E-state index contributed by atoms with van der Waals surface area (Å²) >= 11 is 0. The lowest BCUT2D eigenvalue weighted by Gasteiger charge is -2.06. The highest BCUT2D eigenvalue weighted by atomic mass is 19.1. The molecule has 1 aromatic heterocycles. The molecule has 0 spiro atoms. The minimum absolute atomic E-state index is 0.306. The summed E-state index contributed by atoms with van der Waals surface area (Å²) in [4.78, 5) is 4.40. The second kappa shape index (κ2) is 8.52. The number of halogens is 1. The Labute approximate surface area is 132 Å². The van der Waals surface area contributed by atoms with Crippen molar-refractivity contribution in [2.24, 2.45) is 0 Å². The van der Waals surface area contributed by atoms with Crippen LogP contribution in [0.3, 0.4) is 0 Å². The fraction of sp³-hybridized carbons (Fsp3) is 0.421. The number of benzene rings is 1. The third-order valence-electron chi connectivity index (χ3n) is 3.85. The van der Waals surface area contributed by atoms with Crippen molar-refractivity contribution in [3.8, 4) is 17.0 Å². The smallest absolute Gasteiger partial charge is 0.136 e. The third-order valence-corrected chi connectivity index (χ3v) is 3.85. The number of unbranched alkanes of at least 4 members (excludes halogenated alkanes) is 4. The summed E-state index contributed by atoms with van der Waals surface area (Å²) in [6.45, 7) is 2.22. The van der Waals surface area contributed by atoms with Gasteiger partial charge in [-0.25, -0.2) is 4.39 Å². The molecule has 2 rings (SSSR count). The van der Waals surface area contributed by atoms with Crippen LogP contribution < -0.4 is 4.74 Å². The van der Waals surface area contributed by atoms with Gasteiger partial charge >= 0.3 is 0 Å². The molecule has 0 saturated carbocycles. The molecule has 0 radical (unpaired) electrons. The molecule has 1 heterocycles. The quantitative estimate of drug-likeness (QED) is 0.608. The number of ether oxygens (including phenoxy) is 1. The van der Waals surface area contributed by atoms with E-state index in [1.165, 1.54) is 50.8 Å². The molecular weight excluding hydrogens is 277 g/mol. The normalized spacial score (nSPS) is 10.7. The van der Waals surface area contributed by atoms with Gasteiger partial charge in [-0.1, -0.05) is 38.7 Å². The van der Waals surface area contributed by atoms with Crippen LogP contribution in [0, 0.1) is 5.82 Å². The van der Waals surface area contributed by atoms with E-state index >= 15 is 0 Å². The Morgan fingerprint density at radius 1 is 1.05 bits per heavy atom. The number of nitrogens with zero attached hydrogens (tertiary/aromatic N) is 1. The molecule has 2 nitrogen and oxygen atoms in total. The summed E-state index contributed by atoms with van der Waals surface area (Å²) < 4.78 is 19.0. The zero-order valence-electron chi connectivity index (χ0n) is 13.4. The SMILES string of the molecule is CCCCCCCc1ccc(-c2ccc(OC)cc2F)nc1. The molecule has 22 heavy (non-hydrogen) atoms. The topological polar surface area (TPSA) is 22.1 Å². The first-order chi connectivity index (χ1) is 10.7. The van der Waals surface area contributed by atoms with E-state index in [-0.39, 0.29) is 5.82 Å². The van der Waals surface area contributed by atoms with Crippen molar-refractivity contribution < 1.29 is 9.13 Å². The van der Waals surface area contributed by atoms with Crippen LogP contribution in [0.25, 0.3) is 11.3 Å². The molecule has 0 aliphatic heterocycles. The Bertz CT molecular complexity index is 580. The zero-order valence-corrected chi connectivity index (χ0v) is 13.4. The van der Waals surface area contributed by atoms with Gasteiger partial charge in [0.2, 0.25) is 0 Å². The number of rotatable bonds is 8. The van der Waals surface area contributed by atoms with Crippen LogP contribution in [0.4, 0.5) is 4.39 Å². The van der Waals surface area contributed by atoms with Gasteiger partial charge in [-0.3, -0.25) is 4.98 Å². The Morgan fingerprint density at radius 2 is 1.86 bits per heavy atom. The maximum Gasteiger partial charge on any atom is 0.136 e. The van der Waals surface area contributed by atoms with Crippen LogP contribution >= 0.6 is 0 Å². The standard InChI is InChI=1S/C19H24FNO/c1-3-4-5-6-7-8-15-9-12-19(21-14-15)17-11-10-16(22-2)13-18(17)20/h9-14H,3-8H2,1-2H3. The van der Waals surface area contributed by atoms with E-state index in [0.717, 1.165) is 6.42 Å².